The Labute approximate surface area is 71.2 Å². The van der Waals surface area contributed by atoms with Gasteiger partial charge in [0.2, 0.25) is 5.88 Å². The van der Waals surface area contributed by atoms with Crippen LogP contribution in [-0.4, -0.2) is 23.6 Å². The minimum Gasteiger partial charge on any atom is -0.480 e. The maximum Gasteiger partial charge on any atom is 0.231 e. The van der Waals surface area contributed by atoms with Gasteiger partial charge in [0.1, 0.15) is 0 Å². The van der Waals surface area contributed by atoms with Crippen LogP contribution in [-0.2, 0) is 4.74 Å². The molecule has 0 unspecified atom stereocenters. The lowest BCUT2D eigenvalue weighted by atomic mass is 10.5. The van der Waals surface area contributed by atoms with Crippen LogP contribution in [0.2, 0.25) is 0 Å². The predicted octanol–water partition coefficient (Wildman–Crippen LogP) is 1.29. The molecule has 0 aliphatic carbocycles. The highest BCUT2D eigenvalue weighted by Crippen LogP contribution is 2.02. The van der Waals surface area contributed by atoms with Crippen LogP contribution in [0.3, 0.4) is 0 Å². The minimum atomic E-state index is 0.446. The van der Waals surface area contributed by atoms with Gasteiger partial charge in [0, 0.05) is 11.9 Å². The fourth-order valence-corrected chi connectivity index (χ4v) is 0.778. The van der Waals surface area contributed by atoms with Crippen LogP contribution >= 0.6 is 0 Å². The Morgan fingerprint density at radius 2 is 2.58 bits per heavy atom. The number of ether oxygens (including phenoxy) is 1. The average Bonchev–Trinajstić information content (AvgIpc) is 2.47. The van der Waals surface area contributed by atoms with E-state index < -0.39 is 0 Å². The number of hydrogen-bond acceptors (Lipinski definition) is 3. The molecule has 1 aromatic heterocycles. The number of methoxy groups -OCH3 is 1. The van der Waals surface area contributed by atoms with Crippen LogP contribution < -0.4 is 0 Å². The second kappa shape index (κ2) is 3.71. The second-order valence-electron chi connectivity index (χ2n) is 2.25. The molecule has 0 saturated heterocycles. The zero-order valence-electron chi connectivity index (χ0n) is 7.19. The van der Waals surface area contributed by atoms with Crippen LogP contribution in [0.1, 0.15) is 5.69 Å². The van der Waals surface area contributed by atoms with Crippen molar-refractivity contribution in [3.8, 4) is 0 Å². The van der Waals surface area contributed by atoms with Crippen molar-refractivity contribution in [1.29, 1.82) is 0 Å². The van der Waals surface area contributed by atoms with E-state index in [0.717, 1.165) is 5.69 Å². The second-order valence-corrected chi connectivity index (χ2v) is 2.25. The zero-order valence-corrected chi connectivity index (χ0v) is 7.19. The number of aryl methyl sites for hydroxylation is 1. The Balaban J connectivity index is 2.92. The molecule has 0 aliphatic rings. The van der Waals surface area contributed by atoms with E-state index in [-0.39, 0.29) is 0 Å². The van der Waals surface area contributed by atoms with E-state index in [4.69, 9.17) is 4.74 Å². The summed E-state index contributed by atoms with van der Waals surface area (Å²) >= 11 is 0. The van der Waals surface area contributed by atoms with Gasteiger partial charge in [-0.3, -0.25) is 0 Å². The van der Waals surface area contributed by atoms with Crippen molar-refractivity contribution in [2.24, 2.45) is 4.99 Å². The third kappa shape index (κ3) is 1.72. The van der Waals surface area contributed by atoms with Gasteiger partial charge in [-0.2, -0.15) is 5.10 Å². The first-order valence-electron chi connectivity index (χ1n) is 3.50. The van der Waals surface area contributed by atoms with Crippen molar-refractivity contribution in [1.82, 2.24) is 9.78 Å². The van der Waals surface area contributed by atoms with Crippen LogP contribution in [0.25, 0.3) is 6.20 Å². The fourth-order valence-electron chi connectivity index (χ4n) is 0.778. The number of aromatic nitrogens is 2. The number of aliphatic imine (C=N–C) groups is 1. The first-order chi connectivity index (χ1) is 5.77. The molecule has 4 nitrogen and oxygen atoms in total. The quantitative estimate of drug-likeness (QED) is 0.500. The summed E-state index contributed by atoms with van der Waals surface area (Å²) in [5.74, 6) is 0.446. The predicted molar refractivity (Wildman–Crippen MR) is 47.8 cm³/mol. The molecule has 0 aliphatic heterocycles. The molecule has 12 heavy (non-hydrogen) atoms. The molecule has 0 saturated carbocycles. The monoisotopic (exact) mass is 165 g/mol. The average molecular weight is 165 g/mol. The van der Waals surface area contributed by atoms with Gasteiger partial charge in [-0.05, 0) is 19.7 Å². The molecule has 0 N–H and O–H groups in total. The molecule has 0 amide bonds. The van der Waals surface area contributed by atoms with Gasteiger partial charge in [0.05, 0.1) is 13.3 Å². The van der Waals surface area contributed by atoms with E-state index in [1.807, 2.05) is 13.0 Å². The molecule has 4 heteroatoms. The zero-order chi connectivity index (χ0) is 8.97. The summed E-state index contributed by atoms with van der Waals surface area (Å²) in [7, 11) is 1.54. The molecule has 0 bridgehead atoms. The summed E-state index contributed by atoms with van der Waals surface area (Å²) in [6.45, 7) is 5.30. The molecular formula is C8H11N3O. The third-order valence-corrected chi connectivity index (χ3v) is 1.47. The summed E-state index contributed by atoms with van der Waals surface area (Å²) in [5.41, 5.74) is 1.02. The van der Waals surface area contributed by atoms with Crippen molar-refractivity contribution in [2.75, 3.05) is 7.11 Å². The topological polar surface area (TPSA) is 39.4 Å². The van der Waals surface area contributed by atoms with Gasteiger partial charge in [-0.25, -0.2) is 9.67 Å². The van der Waals surface area contributed by atoms with Gasteiger partial charge >= 0.3 is 0 Å². The lowest BCUT2D eigenvalue weighted by Gasteiger charge is -1.99. The maximum atomic E-state index is 4.90. The molecule has 64 valence electrons. The number of rotatable bonds is 3. The van der Waals surface area contributed by atoms with Crippen molar-refractivity contribution in [3.63, 3.8) is 0 Å². The number of nitrogens with zero attached hydrogens (tertiary/aromatic N) is 3. The summed E-state index contributed by atoms with van der Waals surface area (Å²) in [6, 6.07) is 1.90. The minimum absolute atomic E-state index is 0.446. The Morgan fingerprint density at radius 3 is 3.00 bits per heavy atom. The Hall–Kier alpha value is -1.58. The lowest BCUT2D eigenvalue weighted by molar-refractivity contribution is 0.291. The highest BCUT2D eigenvalue weighted by Gasteiger charge is 1.95. The summed E-state index contributed by atoms with van der Waals surface area (Å²) < 4.78 is 6.57. The van der Waals surface area contributed by atoms with Crippen molar-refractivity contribution in [3.05, 3.63) is 23.8 Å². The summed E-state index contributed by atoms with van der Waals surface area (Å²) in [6.07, 6.45) is 3.38. The van der Waals surface area contributed by atoms with E-state index in [1.54, 1.807) is 24.2 Å². The van der Waals surface area contributed by atoms with E-state index >= 15 is 0 Å². The van der Waals surface area contributed by atoms with E-state index in [1.165, 1.54) is 0 Å². The Bertz CT molecular complexity index is 301. The van der Waals surface area contributed by atoms with Crippen LogP contribution in [0.5, 0.6) is 0 Å². The third-order valence-electron chi connectivity index (χ3n) is 1.47. The fraction of sp³-hybridized carbons (Fsp3) is 0.250. The molecule has 0 spiro atoms. The maximum absolute atomic E-state index is 4.90. The molecule has 0 aromatic carbocycles. The van der Waals surface area contributed by atoms with Gasteiger partial charge in [0.15, 0.2) is 0 Å². The molecular weight excluding hydrogens is 154 g/mol. The molecule has 0 radical (unpaired) electrons. The van der Waals surface area contributed by atoms with Crippen LogP contribution in [0, 0.1) is 6.92 Å². The van der Waals surface area contributed by atoms with E-state index in [9.17, 15) is 0 Å². The highest BCUT2D eigenvalue weighted by molar-refractivity contribution is 5.35. The van der Waals surface area contributed by atoms with Crippen molar-refractivity contribution in [2.45, 2.75) is 6.92 Å². The first-order valence-corrected chi connectivity index (χ1v) is 3.50. The van der Waals surface area contributed by atoms with Crippen LogP contribution in [0.15, 0.2) is 23.1 Å². The van der Waals surface area contributed by atoms with Crippen molar-refractivity contribution < 1.29 is 4.74 Å². The molecule has 1 rings (SSSR count). The van der Waals surface area contributed by atoms with Gasteiger partial charge in [0.25, 0.3) is 0 Å². The number of hydrogen-bond donors (Lipinski definition) is 0. The smallest absolute Gasteiger partial charge is 0.231 e. The SMILES string of the molecule is C=N/C(=C\n1nccc1C)OC. The van der Waals surface area contributed by atoms with Gasteiger partial charge in [-0.15, -0.1) is 0 Å². The molecule has 0 atom stereocenters. The van der Waals surface area contributed by atoms with Gasteiger partial charge < -0.3 is 4.74 Å². The Kier molecular flexibility index (Phi) is 2.63. The molecule has 1 heterocycles. The van der Waals surface area contributed by atoms with Crippen molar-refractivity contribution >= 4 is 12.9 Å². The Morgan fingerprint density at radius 1 is 1.83 bits per heavy atom. The first kappa shape index (κ1) is 8.52. The lowest BCUT2D eigenvalue weighted by Crippen LogP contribution is -1.94. The summed E-state index contributed by atoms with van der Waals surface area (Å²) in [5, 5.41) is 4.02. The summed E-state index contributed by atoms with van der Waals surface area (Å²) in [4.78, 5) is 3.65. The van der Waals surface area contributed by atoms with Crippen LogP contribution in [0.4, 0.5) is 0 Å². The molecule has 1 aromatic rings. The van der Waals surface area contributed by atoms with Gasteiger partial charge in [-0.1, -0.05) is 0 Å². The normalized spacial score (nSPS) is 11.3. The van der Waals surface area contributed by atoms with E-state index in [2.05, 4.69) is 16.8 Å². The largest absolute Gasteiger partial charge is 0.480 e. The van der Waals surface area contributed by atoms with E-state index in [0.29, 0.717) is 5.88 Å². The highest BCUT2D eigenvalue weighted by atomic mass is 16.5. The molecule has 0 fully saturated rings. The standard InChI is InChI=1S/C8H11N3O/c1-7-4-5-10-11(7)6-8(9-2)12-3/h4-6H,2H2,1,3H3/b8-6+.